The van der Waals surface area contributed by atoms with Crippen LogP contribution in [0.1, 0.15) is 6.92 Å². The Morgan fingerprint density at radius 3 is 2.30 bits per heavy atom. The fraction of sp³-hybridized carbons (Fsp3) is 1.00. The molecule has 62 valence electrons. The highest BCUT2D eigenvalue weighted by Gasteiger charge is 2.21. The molecule has 0 saturated carbocycles. The first-order valence-corrected chi connectivity index (χ1v) is 4.79. The van der Waals surface area contributed by atoms with Crippen molar-refractivity contribution in [3.8, 4) is 0 Å². The Balaban J connectivity index is 3.82. The van der Waals surface area contributed by atoms with Gasteiger partial charge in [0.05, 0.1) is 20.7 Å². The topological polar surface area (TPSA) is 20.2 Å². The van der Waals surface area contributed by atoms with E-state index in [-0.39, 0.29) is 6.61 Å². The van der Waals surface area contributed by atoms with Crippen molar-refractivity contribution in [3.05, 3.63) is 0 Å². The number of likely N-dealkylation sites (N-methyl/N-ethyl adjacent to an activating group) is 1. The van der Waals surface area contributed by atoms with Crippen molar-refractivity contribution < 1.29 is 9.59 Å². The highest BCUT2D eigenvalue weighted by Crippen LogP contribution is 2.15. The number of quaternary nitrogens is 1. The van der Waals surface area contributed by atoms with Crippen LogP contribution in [0.25, 0.3) is 0 Å². The molecular formula is C7H18NOS+. The Kier molecular flexibility index (Phi) is 4.32. The number of aliphatic hydroxyl groups is 1. The van der Waals surface area contributed by atoms with Crippen molar-refractivity contribution in [2.24, 2.45) is 0 Å². The maximum atomic E-state index is 8.72. The first-order chi connectivity index (χ1) is 4.54. The summed E-state index contributed by atoms with van der Waals surface area (Å²) in [6, 6.07) is 0. The fourth-order valence-corrected chi connectivity index (χ4v) is 1.40. The van der Waals surface area contributed by atoms with E-state index in [1.807, 2.05) is 11.8 Å². The van der Waals surface area contributed by atoms with Gasteiger partial charge in [-0.3, -0.25) is 0 Å². The molecular weight excluding hydrogens is 146 g/mol. The third-order valence-electron chi connectivity index (χ3n) is 2.00. The van der Waals surface area contributed by atoms with Gasteiger partial charge in [-0.1, -0.05) is 0 Å². The van der Waals surface area contributed by atoms with Crippen LogP contribution in [0.5, 0.6) is 0 Å². The average Bonchev–Trinajstić information content (AvgIpc) is 1.86. The molecule has 10 heavy (non-hydrogen) atoms. The van der Waals surface area contributed by atoms with E-state index in [1.165, 1.54) is 0 Å². The first kappa shape index (κ1) is 10.3. The van der Waals surface area contributed by atoms with E-state index in [0.717, 1.165) is 11.0 Å². The minimum absolute atomic E-state index is 0.276. The van der Waals surface area contributed by atoms with E-state index in [9.17, 15) is 0 Å². The molecule has 0 amide bonds. The third-order valence-corrected chi connectivity index (χ3v) is 3.25. The number of hydrogen-bond acceptors (Lipinski definition) is 2. The second-order valence-corrected chi connectivity index (χ2v) is 4.21. The molecule has 0 aromatic heterocycles. The van der Waals surface area contributed by atoms with E-state index in [4.69, 9.17) is 5.11 Å². The molecule has 1 unspecified atom stereocenters. The highest BCUT2D eigenvalue weighted by molar-refractivity contribution is 7.99. The van der Waals surface area contributed by atoms with Crippen molar-refractivity contribution >= 4 is 11.8 Å². The first-order valence-electron chi connectivity index (χ1n) is 3.51. The summed E-state index contributed by atoms with van der Waals surface area (Å²) in [4.78, 5) is 0. The predicted molar refractivity (Wildman–Crippen MR) is 47.0 cm³/mol. The van der Waals surface area contributed by atoms with Gasteiger partial charge >= 0.3 is 0 Å². The highest BCUT2D eigenvalue weighted by atomic mass is 32.2. The molecule has 0 aliphatic rings. The van der Waals surface area contributed by atoms with Crippen LogP contribution in [0, 0.1) is 0 Å². The number of hydrogen-bond donors (Lipinski definition) is 1. The van der Waals surface area contributed by atoms with Crippen molar-refractivity contribution in [3.63, 3.8) is 0 Å². The SMILES string of the molecule is CSC(C)[N+](C)(C)CCO. The minimum Gasteiger partial charge on any atom is -0.391 e. The lowest BCUT2D eigenvalue weighted by Gasteiger charge is -2.34. The molecule has 0 fully saturated rings. The summed E-state index contributed by atoms with van der Waals surface area (Å²) in [6.07, 6.45) is 2.10. The van der Waals surface area contributed by atoms with Crippen LogP contribution in [0.4, 0.5) is 0 Å². The molecule has 1 N–H and O–H groups in total. The van der Waals surface area contributed by atoms with Crippen molar-refractivity contribution in [2.75, 3.05) is 33.5 Å². The molecule has 0 radical (unpaired) electrons. The zero-order chi connectivity index (χ0) is 8.20. The lowest BCUT2D eigenvalue weighted by Crippen LogP contribution is -2.47. The number of thioether (sulfide) groups is 1. The largest absolute Gasteiger partial charge is 0.391 e. The van der Waals surface area contributed by atoms with Crippen molar-refractivity contribution in [1.29, 1.82) is 0 Å². The summed E-state index contributed by atoms with van der Waals surface area (Å²) in [5.74, 6) is 0. The Morgan fingerprint density at radius 1 is 1.50 bits per heavy atom. The molecule has 1 atom stereocenters. The molecule has 0 aliphatic heterocycles. The maximum absolute atomic E-state index is 8.72. The lowest BCUT2D eigenvalue weighted by atomic mass is 10.4. The zero-order valence-electron chi connectivity index (χ0n) is 7.29. The molecule has 0 bridgehead atoms. The van der Waals surface area contributed by atoms with E-state index >= 15 is 0 Å². The van der Waals surface area contributed by atoms with Gasteiger partial charge in [-0.2, -0.15) is 0 Å². The number of rotatable bonds is 4. The number of nitrogens with zero attached hydrogens (tertiary/aromatic N) is 1. The van der Waals surface area contributed by atoms with E-state index < -0.39 is 0 Å². The molecule has 0 rings (SSSR count). The van der Waals surface area contributed by atoms with Crippen molar-refractivity contribution in [2.45, 2.75) is 12.3 Å². The van der Waals surface area contributed by atoms with Crippen LogP contribution >= 0.6 is 11.8 Å². The van der Waals surface area contributed by atoms with Gasteiger partial charge in [-0.25, -0.2) is 0 Å². The maximum Gasteiger partial charge on any atom is 0.132 e. The summed E-state index contributed by atoms with van der Waals surface area (Å²) >= 11 is 1.83. The van der Waals surface area contributed by atoms with Gasteiger partial charge in [-0.05, 0) is 13.2 Å². The van der Waals surface area contributed by atoms with Crippen LogP contribution < -0.4 is 0 Å². The Morgan fingerprint density at radius 2 is 2.00 bits per heavy atom. The second kappa shape index (κ2) is 4.21. The quantitative estimate of drug-likeness (QED) is 0.489. The van der Waals surface area contributed by atoms with E-state index in [0.29, 0.717) is 5.37 Å². The molecule has 0 spiro atoms. The summed E-state index contributed by atoms with van der Waals surface area (Å²) < 4.78 is 0.887. The standard InChI is InChI=1S/C7H18NOS/c1-7(10-4)8(2,3)5-6-9/h7,9H,5-6H2,1-4H3/q+1. The van der Waals surface area contributed by atoms with Gasteiger partial charge in [0, 0.05) is 0 Å². The molecule has 0 heterocycles. The van der Waals surface area contributed by atoms with Crippen LogP contribution in [0.2, 0.25) is 0 Å². The Bertz CT molecular complexity index is 95.6. The van der Waals surface area contributed by atoms with Gasteiger partial charge < -0.3 is 9.59 Å². The third kappa shape index (κ3) is 2.90. The monoisotopic (exact) mass is 164 g/mol. The Hall–Kier alpha value is 0.270. The molecule has 0 aromatic carbocycles. The van der Waals surface area contributed by atoms with Gasteiger partial charge in [0.25, 0.3) is 0 Å². The van der Waals surface area contributed by atoms with E-state index in [2.05, 4.69) is 27.3 Å². The van der Waals surface area contributed by atoms with E-state index in [1.54, 1.807) is 0 Å². The molecule has 2 nitrogen and oxygen atoms in total. The van der Waals surface area contributed by atoms with Gasteiger partial charge in [-0.15, -0.1) is 11.8 Å². The Labute approximate surface area is 67.8 Å². The summed E-state index contributed by atoms with van der Waals surface area (Å²) in [5, 5.41) is 9.28. The summed E-state index contributed by atoms with van der Waals surface area (Å²) in [6.45, 7) is 3.29. The summed E-state index contributed by atoms with van der Waals surface area (Å²) in [7, 11) is 4.27. The molecule has 0 aliphatic carbocycles. The van der Waals surface area contributed by atoms with Crippen LogP contribution in [0.3, 0.4) is 0 Å². The van der Waals surface area contributed by atoms with Gasteiger partial charge in [0.15, 0.2) is 0 Å². The average molecular weight is 164 g/mol. The molecule has 0 saturated heterocycles. The lowest BCUT2D eigenvalue weighted by molar-refractivity contribution is -0.898. The van der Waals surface area contributed by atoms with Crippen LogP contribution in [0.15, 0.2) is 0 Å². The van der Waals surface area contributed by atoms with Gasteiger partial charge in [0.1, 0.15) is 11.9 Å². The summed E-state index contributed by atoms with van der Waals surface area (Å²) in [5.41, 5.74) is 0. The molecule has 0 aromatic rings. The van der Waals surface area contributed by atoms with Crippen LogP contribution in [-0.2, 0) is 0 Å². The van der Waals surface area contributed by atoms with Gasteiger partial charge in [0.2, 0.25) is 0 Å². The second-order valence-electron chi connectivity index (χ2n) is 3.06. The zero-order valence-corrected chi connectivity index (χ0v) is 8.11. The normalized spacial score (nSPS) is 15.3. The van der Waals surface area contributed by atoms with Crippen LogP contribution in [-0.4, -0.2) is 48.5 Å². The fourth-order valence-electron chi connectivity index (χ4n) is 0.725. The smallest absolute Gasteiger partial charge is 0.132 e. The van der Waals surface area contributed by atoms with Crippen molar-refractivity contribution in [1.82, 2.24) is 0 Å². The minimum atomic E-state index is 0.276. The predicted octanol–water partition coefficient (Wildman–Crippen LogP) is 0.764. The number of aliphatic hydroxyl groups excluding tert-OH is 1. The molecule has 3 heteroatoms.